The van der Waals surface area contributed by atoms with Crippen molar-refractivity contribution in [2.24, 2.45) is 0 Å². The van der Waals surface area contributed by atoms with Gasteiger partial charge in [-0.1, -0.05) is 18.2 Å². The molecular formula is C24H15IN4O4. The Morgan fingerprint density at radius 3 is 2.48 bits per heavy atom. The van der Waals surface area contributed by atoms with Gasteiger partial charge < -0.3 is 4.90 Å². The second-order valence-corrected chi connectivity index (χ2v) is 8.73. The monoisotopic (exact) mass is 550 g/mol. The summed E-state index contributed by atoms with van der Waals surface area (Å²) in [6.45, 7) is 0. The lowest BCUT2D eigenvalue weighted by Crippen LogP contribution is -2.23. The van der Waals surface area contributed by atoms with Gasteiger partial charge in [0.05, 0.1) is 32.8 Å². The molecule has 4 aromatic rings. The number of halogens is 1. The van der Waals surface area contributed by atoms with Gasteiger partial charge in [0.25, 0.3) is 17.2 Å². The number of nitro benzene ring substituents is 1. The van der Waals surface area contributed by atoms with Gasteiger partial charge in [-0.05, 0) is 65.1 Å². The highest BCUT2D eigenvalue weighted by molar-refractivity contribution is 14.1. The average molecular weight is 550 g/mol. The number of anilines is 1. The Morgan fingerprint density at radius 2 is 1.76 bits per heavy atom. The van der Waals surface area contributed by atoms with Crippen LogP contribution in [0.15, 0.2) is 71.5 Å². The van der Waals surface area contributed by atoms with Crippen molar-refractivity contribution in [3.8, 4) is 5.69 Å². The number of amides is 1. The van der Waals surface area contributed by atoms with Crippen LogP contribution in [0.4, 0.5) is 11.4 Å². The van der Waals surface area contributed by atoms with E-state index in [4.69, 9.17) is 0 Å². The highest BCUT2D eigenvalue weighted by atomic mass is 127. The van der Waals surface area contributed by atoms with Gasteiger partial charge >= 0.3 is 0 Å². The Morgan fingerprint density at radius 1 is 1.03 bits per heavy atom. The van der Waals surface area contributed by atoms with Gasteiger partial charge in [-0.25, -0.2) is 4.98 Å². The van der Waals surface area contributed by atoms with Crippen LogP contribution in [-0.2, 0) is 4.79 Å². The number of hydrogen-bond acceptors (Lipinski definition) is 5. The van der Waals surface area contributed by atoms with Gasteiger partial charge in [0.2, 0.25) is 0 Å². The number of carbonyl (C=O) groups is 1. The summed E-state index contributed by atoms with van der Waals surface area (Å²) in [5.74, 6) is 0.0550. The van der Waals surface area contributed by atoms with E-state index in [0.717, 1.165) is 14.8 Å². The summed E-state index contributed by atoms with van der Waals surface area (Å²) in [5.41, 5.74) is 2.43. The number of benzene rings is 3. The first-order chi connectivity index (χ1) is 15.8. The molecule has 5 rings (SSSR count). The molecule has 0 atom stereocenters. The predicted molar refractivity (Wildman–Crippen MR) is 134 cm³/mol. The van der Waals surface area contributed by atoms with Gasteiger partial charge in [0, 0.05) is 28.3 Å². The van der Waals surface area contributed by atoms with Gasteiger partial charge in [0.15, 0.2) is 0 Å². The van der Waals surface area contributed by atoms with E-state index in [0.29, 0.717) is 22.2 Å². The Kier molecular flexibility index (Phi) is 5.05. The Bertz CT molecular complexity index is 1560. The summed E-state index contributed by atoms with van der Waals surface area (Å²) < 4.78 is 2.26. The summed E-state index contributed by atoms with van der Waals surface area (Å²) in [5, 5.41) is 11.5. The van der Waals surface area contributed by atoms with Crippen molar-refractivity contribution >= 4 is 62.4 Å². The Balaban J connectivity index is 1.80. The molecule has 0 bridgehead atoms. The molecule has 1 aliphatic rings. The number of hydrogen-bond donors (Lipinski definition) is 0. The lowest BCUT2D eigenvalue weighted by atomic mass is 10.1. The van der Waals surface area contributed by atoms with Crippen LogP contribution in [0.5, 0.6) is 0 Å². The van der Waals surface area contributed by atoms with E-state index >= 15 is 0 Å². The molecule has 0 fully saturated rings. The molecule has 0 N–H and O–H groups in total. The van der Waals surface area contributed by atoms with Crippen molar-refractivity contribution in [1.29, 1.82) is 0 Å². The number of fused-ring (bicyclic) bond motifs is 2. The SMILES string of the molecule is CN1C(=O)/C(=C\c2nc3ccc(I)cc3c(=O)n2-c2ccc([N+](=O)[O-])cc2)c2ccccc21. The summed E-state index contributed by atoms with van der Waals surface area (Å²) in [6.07, 6.45) is 1.60. The number of likely N-dealkylation sites (N-methyl/N-ethyl adjacent to an activating group) is 1. The van der Waals surface area contributed by atoms with E-state index in [1.165, 1.54) is 28.8 Å². The van der Waals surface area contributed by atoms with Gasteiger partial charge in [0.1, 0.15) is 5.82 Å². The fourth-order valence-corrected chi connectivity index (χ4v) is 4.40. The van der Waals surface area contributed by atoms with Crippen LogP contribution in [0.1, 0.15) is 11.4 Å². The third-order valence-corrected chi connectivity index (χ3v) is 6.21. The number of nitro groups is 1. The van der Waals surface area contributed by atoms with Crippen LogP contribution in [0.3, 0.4) is 0 Å². The van der Waals surface area contributed by atoms with Crippen LogP contribution in [-0.4, -0.2) is 27.4 Å². The van der Waals surface area contributed by atoms with Crippen LogP contribution in [0.25, 0.3) is 28.2 Å². The fourth-order valence-electron chi connectivity index (χ4n) is 3.91. The van der Waals surface area contributed by atoms with Crippen molar-refractivity contribution in [3.05, 3.63) is 102 Å². The number of aromatic nitrogens is 2. The normalized spacial score (nSPS) is 14.2. The smallest absolute Gasteiger partial charge is 0.269 e. The number of carbonyl (C=O) groups excluding carboxylic acids is 1. The fraction of sp³-hybridized carbons (Fsp3) is 0.0417. The Labute approximate surface area is 201 Å². The molecule has 0 unspecified atom stereocenters. The van der Waals surface area contributed by atoms with Crippen molar-refractivity contribution < 1.29 is 9.72 Å². The number of para-hydroxylation sites is 1. The second-order valence-electron chi connectivity index (χ2n) is 7.48. The lowest BCUT2D eigenvalue weighted by Gasteiger charge is -2.12. The molecule has 2 heterocycles. The maximum atomic E-state index is 13.5. The second kappa shape index (κ2) is 7.93. The van der Waals surface area contributed by atoms with E-state index in [-0.39, 0.29) is 23.0 Å². The van der Waals surface area contributed by atoms with E-state index in [1.54, 1.807) is 30.2 Å². The summed E-state index contributed by atoms with van der Waals surface area (Å²) >= 11 is 2.12. The summed E-state index contributed by atoms with van der Waals surface area (Å²) in [6, 6.07) is 18.4. The molecule has 0 saturated heterocycles. The standard InChI is InChI=1S/C24H15IN4O4/c1-27-21-5-3-2-4-17(21)18(23(27)30)13-22-26-20-11-6-14(25)12-19(20)24(31)28(22)15-7-9-16(10-8-15)29(32)33/h2-13H,1H3/b18-13-. The number of rotatable bonds is 3. The highest BCUT2D eigenvalue weighted by Gasteiger charge is 2.30. The molecule has 162 valence electrons. The molecule has 1 aliphatic heterocycles. The summed E-state index contributed by atoms with van der Waals surface area (Å²) in [4.78, 5) is 43.4. The lowest BCUT2D eigenvalue weighted by molar-refractivity contribution is -0.384. The van der Waals surface area contributed by atoms with Crippen LogP contribution in [0, 0.1) is 13.7 Å². The minimum atomic E-state index is -0.500. The molecule has 0 aliphatic carbocycles. The molecular weight excluding hydrogens is 535 g/mol. The molecule has 8 nitrogen and oxygen atoms in total. The third-order valence-electron chi connectivity index (χ3n) is 5.54. The van der Waals surface area contributed by atoms with E-state index in [2.05, 4.69) is 27.6 Å². The maximum Gasteiger partial charge on any atom is 0.269 e. The first-order valence-electron chi connectivity index (χ1n) is 9.91. The van der Waals surface area contributed by atoms with Crippen LogP contribution in [0.2, 0.25) is 0 Å². The minimum absolute atomic E-state index is 0.0866. The van der Waals surface area contributed by atoms with Crippen LogP contribution >= 0.6 is 22.6 Å². The molecule has 0 spiro atoms. The van der Waals surface area contributed by atoms with E-state index < -0.39 is 4.92 Å². The largest absolute Gasteiger partial charge is 0.311 e. The van der Waals surface area contributed by atoms with Gasteiger partial charge in [-0.15, -0.1) is 0 Å². The van der Waals surface area contributed by atoms with Crippen molar-refractivity contribution in [3.63, 3.8) is 0 Å². The highest BCUT2D eigenvalue weighted by Crippen LogP contribution is 2.36. The quantitative estimate of drug-likeness (QED) is 0.163. The molecule has 0 saturated carbocycles. The Hall–Kier alpha value is -3.86. The van der Waals surface area contributed by atoms with Crippen molar-refractivity contribution in [1.82, 2.24) is 9.55 Å². The summed E-state index contributed by atoms with van der Waals surface area (Å²) in [7, 11) is 1.70. The predicted octanol–water partition coefficient (Wildman–Crippen LogP) is 4.42. The van der Waals surface area contributed by atoms with E-state index in [1.807, 2.05) is 30.3 Å². The average Bonchev–Trinajstić information content (AvgIpc) is 3.05. The molecule has 1 amide bonds. The minimum Gasteiger partial charge on any atom is -0.311 e. The van der Waals surface area contributed by atoms with E-state index in [9.17, 15) is 19.7 Å². The zero-order valence-electron chi connectivity index (χ0n) is 17.2. The maximum absolute atomic E-state index is 13.5. The zero-order valence-corrected chi connectivity index (χ0v) is 19.4. The van der Waals surface area contributed by atoms with Crippen molar-refractivity contribution in [2.75, 3.05) is 11.9 Å². The first kappa shape index (κ1) is 21.0. The zero-order chi connectivity index (χ0) is 23.3. The number of nitrogens with zero attached hydrogens (tertiary/aromatic N) is 4. The van der Waals surface area contributed by atoms with Gasteiger partial charge in [-0.2, -0.15) is 0 Å². The molecule has 9 heteroatoms. The topological polar surface area (TPSA) is 98.3 Å². The third kappa shape index (κ3) is 3.50. The van der Waals surface area contributed by atoms with Crippen LogP contribution < -0.4 is 10.5 Å². The molecule has 0 radical (unpaired) electrons. The van der Waals surface area contributed by atoms with Crippen molar-refractivity contribution in [2.45, 2.75) is 0 Å². The first-order valence-corrected chi connectivity index (χ1v) is 11.0. The molecule has 1 aromatic heterocycles. The number of non-ortho nitro benzene ring substituents is 1. The molecule has 3 aromatic carbocycles. The molecule has 33 heavy (non-hydrogen) atoms. The van der Waals surface area contributed by atoms with Gasteiger partial charge in [-0.3, -0.25) is 24.3 Å².